The lowest BCUT2D eigenvalue weighted by atomic mass is 9.77. The molecule has 1 aliphatic heterocycles. The van der Waals surface area contributed by atoms with E-state index in [0.29, 0.717) is 44.6 Å². The third kappa shape index (κ3) is 4.30. The first kappa shape index (κ1) is 19.8. The standard InChI is InChI=1S/C20H27FN2O4/c1-22(14-18(24)25)12-15-13-23(10-11-27-15)19(26)20(8-4-5-9-20)16-6-2-3-7-17(16)21/h2-3,6-7,15H,4-5,8-14H2,1H3,(H,24,25). The summed E-state index contributed by atoms with van der Waals surface area (Å²) in [6.07, 6.45) is 2.90. The summed E-state index contributed by atoms with van der Waals surface area (Å²) in [5.74, 6) is -1.25. The number of hydrogen-bond donors (Lipinski definition) is 1. The largest absolute Gasteiger partial charge is 0.480 e. The summed E-state index contributed by atoms with van der Waals surface area (Å²) in [4.78, 5) is 27.8. The maximum Gasteiger partial charge on any atom is 0.317 e. The van der Waals surface area contributed by atoms with Crippen molar-refractivity contribution in [3.63, 3.8) is 0 Å². The molecule has 2 aliphatic rings. The molecule has 1 saturated heterocycles. The molecule has 0 spiro atoms. The van der Waals surface area contributed by atoms with Crippen molar-refractivity contribution in [2.24, 2.45) is 0 Å². The van der Waals surface area contributed by atoms with Crippen LogP contribution in [0.4, 0.5) is 4.39 Å². The zero-order valence-electron chi connectivity index (χ0n) is 15.7. The predicted molar refractivity (Wildman–Crippen MR) is 98.0 cm³/mol. The molecule has 1 atom stereocenters. The molecule has 1 amide bonds. The highest BCUT2D eigenvalue weighted by atomic mass is 19.1. The third-order valence-electron chi connectivity index (χ3n) is 5.60. The monoisotopic (exact) mass is 378 g/mol. The minimum absolute atomic E-state index is 0.0284. The van der Waals surface area contributed by atoms with Crippen molar-refractivity contribution in [1.82, 2.24) is 9.80 Å². The highest BCUT2D eigenvalue weighted by molar-refractivity contribution is 5.89. The number of ether oxygens (including phenoxy) is 1. The Hall–Kier alpha value is -1.99. The Balaban J connectivity index is 1.75. The van der Waals surface area contributed by atoms with Gasteiger partial charge in [0.25, 0.3) is 0 Å². The molecule has 0 bridgehead atoms. The van der Waals surface area contributed by atoms with Crippen molar-refractivity contribution in [1.29, 1.82) is 0 Å². The average Bonchev–Trinajstić information content (AvgIpc) is 3.11. The van der Waals surface area contributed by atoms with Gasteiger partial charge in [0.05, 0.1) is 24.7 Å². The first-order chi connectivity index (χ1) is 12.9. The minimum atomic E-state index is -0.897. The lowest BCUT2D eigenvalue weighted by Crippen LogP contribution is -2.54. The second-order valence-corrected chi connectivity index (χ2v) is 7.60. The summed E-state index contributed by atoms with van der Waals surface area (Å²) >= 11 is 0. The number of halogens is 1. The predicted octanol–water partition coefficient (Wildman–Crippen LogP) is 1.88. The van der Waals surface area contributed by atoms with Gasteiger partial charge in [-0.25, -0.2) is 4.39 Å². The topological polar surface area (TPSA) is 70.1 Å². The van der Waals surface area contributed by atoms with Gasteiger partial charge in [0.15, 0.2) is 0 Å². The molecule has 1 aromatic rings. The molecular formula is C20H27FN2O4. The van der Waals surface area contributed by atoms with E-state index in [0.717, 1.165) is 12.8 Å². The maximum absolute atomic E-state index is 14.5. The number of carbonyl (C=O) groups excluding carboxylic acids is 1. The molecule has 27 heavy (non-hydrogen) atoms. The molecule has 148 valence electrons. The molecule has 7 heteroatoms. The summed E-state index contributed by atoms with van der Waals surface area (Å²) < 4.78 is 20.3. The van der Waals surface area contributed by atoms with E-state index in [4.69, 9.17) is 9.84 Å². The highest BCUT2D eigenvalue weighted by Gasteiger charge is 2.47. The van der Waals surface area contributed by atoms with Crippen LogP contribution in [0.15, 0.2) is 24.3 Å². The van der Waals surface area contributed by atoms with Gasteiger partial charge >= 0.3 is 5.97 Å². The Morgan fingerprint density at radius 3 is 2.70 bits per heavy atom. The summed E-state index contributed by atoms with van der Waals surface area (Å²) in [6, 6.07) is 6.59. The average molecular weight is 378 g/mol. The van der Waals surface area contributed by atoms with E-state index in [-0.39, 0.29) is 24.4 Å². The van der Waals surface area contributed by atoms with E-state index in [1.54, 1.807) is 35.0 Å². The van der Waals surface area contributed by atoms with E-state index < -0.39 is 11.4 Å². The SMILES string of the molecule is CN(CC(=O)O)CC1CN(C(=O)C2(c3ccccc3F)CCCC2)CCO1. The number of carbonyl (C=O) groups is 2. The second-order valence-electron chi connectivity index (χ2n) is 7.60. The maximum atomic E-state index is 14.5. The van der Waals surface area contributed by atoms with Crippen molar-refractivity contribution < 1.29 is 23.8 Å². The van der Waals surface area contributed by atoms with Gasteiger partial charge in [-0.1, -0.05) is 31.0 Å². The van der Waals surface area contributed by atoms with E-state index in [9.17, 15) is 14.0 Å². The van der Waals surface area contributed by atoms with E-state index in [1.807, 2.05) is 0 Å². The van der Waals surface area contributed by atoms with Gasteiger partial charge in [-0.15, -0.1) is 0 Å². The van der Waals surface area contributed by atoms with Gasteiger partial charge in [-0.2, -0.15) is 0 Å². The van der Waals surface area contributed by atoms with Crippen LogP contribution < -0.4 is 0 Å². The van der Waals surface area contributed by atoms with Gasteiger partial charge in [-0.3, -0.25) is 14.5 Å². The molecule has 2 fully saturated rings. The van der Waals surface area contributed by atoms with Gasteiger partial charge in [-0.05, 0) is 26.0 Å². The normalized spacial score (nSPS) is 22.2. The number of morpholine rings is 1. The number of nitrogens with zero attached hydrogens (tertiary/aromatic N) is 2. The molecule has 1 heterocycles. The molecule has 1 aromatic carbocycles. The Kier molecular flexibility index (Phi) is 6.11. The Bertz CT molecular complexity index is 690. The first-order valence-electron chi connectivity index (χ1n) is 9.49. The fourth-order valence-corrected chi connectivity index (χ4v) is 4.39. The fraction of sp³-hybridized carbons (Fsp3) is 0.600. The van der Waals surface area contributed by atoms with Gasteiger partial charge in [0, 0.05) is 25.2 Å². The first-order valence-corrected chi connectivity index (χ1v) is 9.49. The lowest BCUT2D eigenvalue weighted by molar-refractivity contribution is -0.147. The van der Waals surface area contributed by atoms with Crippen molar-refractivity contribution >= 4 is 11.9 Å². The van der Waals surface area contributed by atoms with E-state index in [2.05, 4.69) is 0 Å². The Morgan fingerprint density at radius 2 is 2.04 bits per heavy atom. The zero-order chi connectivity index (χ0) is 19.4. The number of carboxylic acids is 1. The van der Waals surface area contributed by atoms with Crippen LogP contribution in [0.3, 0.4) is 0 Å². The molecule has 1 aliphatic carbocycles. The highest BCUT2D eigenvalue weighted by Crippen LogP contribution is 2.43. The number of aliphatic carboxylic acids is 1. The molecule has 0 aromatic heterocycles. The summed E-state index contributed by atoms with van der Waals surface area (Å²) in [7, 11) is 1.72. The van der Waals surface area contributed by atoms with Crippen LogP contribution >= 0.6 is 0 Å². The van der Waals surface area contributed by atoms with Gasteiger partial charge in [0.1, 0.15) is 5.82 Å². The third-order valence-corrected chi connectivity index (χ3v) is 5.60. The number of hydrogen-bond acceptors (Lipinski definition) is 4. The van der Waals surface area contributed by atoms with Crippen molar-refractivity contribution in [3.05, 3.63) is 35.6 Å². The van der Waals surface area contributed by atoms with Crippen LogP contribution in [0.25, 0.3) is 0 Å². The summed E-state index contributed by atoms with van der Waals surface area (Å²) in [5, 5.41) is 8.90. The smallest absolute Gasteiger partial charge is 0.317 e. The molecular weight excluding hydrogens is 351 g/mol. The zero-order valence-corrected chi connectivity index (χ0v) is 15.7. The van der Waals surface area contributed by atoms with Crippen LogP contribution in [-0.2, 0) is 19.7 Å². The lowest BCUT2D eigenvalue weighted by Gasteiger charge is -2.40. The number of rotatable bonds is 6. The number of likely N-dealkylation sites (N-methyl/N-ethyl adjacent to an activating group) is 1. The molecule has 1 saturated carbocycles. The van der Waals surface area contributed by atoms with Crippen LogP contribution in [0, 0.1) is 5.82 Å². The molecule has 1 N–H and O–H groups in total. The fourth-order valence-electron chi connectivity index (χ4n) is 4.39. The van der Waals surface area contributed by atoms with Gasteiger partial charge < -0.3 is 14.7 Å². The molecule has 3 rings (SSSR count). The van der Waals surface area contributed by atoms with Crippen molar-refractivity contribution in [2.45, 2.75) is 37.2 Å². The van der Waals surface area contributed by atoms with Crippen LogP contribution in [0.1, 0.15) is 31.2 Å². The molecule has 6 nitrogen and oxygen atoms in total. The Labute approximate surface area is 158 Å². The molecule has 0 radical (unpaired) electrons. The van der Waals surface area contributed by atoms with E-state index >= 15 is 0 Å². The quantitative estimate of drug-likeness (QED) is 0.819. The van der Waals surface area contributed by atoms with Crippen LogP contribution in [0.2, 0.25) is 0 Å². The Morgan fingerprint density at radius 1 is 1.33 bits per heavy atom. The number of benzene rings is 1. The van der Waals surface area contributed by atoms with Crippen molar-refractivity contribution in [2.75, 3.05) is 39.8 Å². The summed E-state index contributed by atoms with van der Waals surface area (Å²) in [6.45, 7) is 1.65. The van der Waals surface area contributed by atoms with Crippen LogP contribution in [0.5, 0.6) is 0 Å². The minimum Gasteiger partial charge on any atom is -0.480 e. The van der Waals surface area contributed by atoms with Gasteiger partial charge in [0.2, 0.25) is 5.91 Å². The molecule has 1 unspecified atom stereocenters. The van der Waals surface area contributed by atoms with Crippen molar-refractivity contribution in [3.8, 4) is 0 Å². The number of carboxylic acid groups (broad SMARTS) is 1. The second kappa shape index (κ2) is 8.35. The van der Waals surface area contributed by atoms with E-state index in [1.165, 1.54) is 6.07 Å². The van der Waals surface area contributed by atoms with Crippen LogP contribution in [-0.4, -0.2) is 72.7 Å². The summed E-state index contributed by atoms with van der Waals surface area (Å²) in [5.41, 5.74) is -0.293. The number of amides is 1.